The fourth-order valence-corrected chi connectivity index (χ4v) is 2.90. The van der Waals surface area contributed by atoms with E-state index < -0.39 is 12.1 Å². The standard InChI is InChI=1S/C24H29NO4/c1-24(2,3)18-9-13-20(14-10-18)28-16-15-21(26)29-22(17-7-5-4-6-8-17)23(27)25-19-11-12-19/h4-10,13-14,19,22H,11-12,15-16H2,1-3H3,(H,25,27)/t22-/m1/s1. The Morgan fingerprint density at radius 1 is 1.03 bits per heavy atom. The summed E-state index contributed by atoms with van der Waals surface area (Å²) in [6, 6.07) is 17.2. The third-order valence-electron chi connectivity index (χ3n) is 4.81. The first-order chi connectivity index (χ1) is 13.8. The van der Waals surface area contributed by atoms with E-state index in [0.29, 0.717) is 11.3 Å². The second-order valence-electron chi connectivity index (χ2n) is 8.44. The van der Waals surface area contributed by atoms with Gasteiger partial charge in [0, 0.05) is 11.6 Å². The molecule has 1 atom stereocenters. The predicted octanol–water partition coefficient (Wildman–Crippen LogP) is 4.32. The minimum Gasteiger partial charge on any atom is -0.493 e. The summed E-state index contributed by atoms with van der Waals surface area (Å²) in [5.74, 6) is -0.0289. The Hall–Kier alpha value is -2.82. The minimum atomic E-state index is -0.935. The largest absolute Gasteiger partial charge is 0.493 e. The fourth-order valence-electron chi connectivity index (χ4n) is 2.90. The Balaban J connectivity index is 1.52. The van der Waals surface area contributed by atoms with Crippen molar-refractivity contribution < 1.29 is 19.1 Å². The van der Waals surface area contributed by atoms with Gasteiger partial charge in [0.25, 0.3) is 5.91 Å². The maximum atomic E-state index is 12.5. The van der Waals surface area contributed by atoms with Crippen LogP contribution in [0.25, 0.3) is 0 Å². The summed E-state index contributed by atoms with van der Waals surface area (Å²) in [6.07, 6.45) is 1.09. The summed E-state index contributed by atoms with van der Waals surface area (Å²) in [7, 11) is 0. The Bertz CT molecular complexity index is 820. The summed E-state index contributed by atoms with van der Waals surface area (Å²) < 4.78 is 11.2. The van der Waals surface area contributed by atoms with Crippen molar-refractivity contribution in [1.29, 1.82) is 0 Å². The molecular weight excluding hydrogens is 366 g/mol. The van der Waals surface area contributed by atoms with E-state index in [1.807, 2.05) is 42.5 Å². The number of ether oxygens (including phenoxy) is 2. The number of rotatable bonds is 8. The number of amides is 1. The van der Waals surface area contributed by atoms with Gasteiger partial charge in [-0.15, -0.1) is 0 Å². The second-order valence-corrected chi connectivity index (χ2v) is 8.44. The Morgan fingerprint density at radius 3 is 2.28 bits per heavy atom. The SMILES string of the molecule is CC(C)(C)c1ccc(OCCC(=O)O[C@@H](C(=O)NC2CC2)c2ccccc2)cc1. The van der Waals surface area contributed by atoms with E-state index in [1.54, 1.807) is 12.1 Å². The first-order valence-corrected chi connectivity index (χ1v) is 10.1. The van der Waals surface area contributed by atoms with Crippen LogP contribution in [0.3, 0.4) is 0 Å². The van der Waals surface area contributed by atoms with E-state index in [0.717, 1.165) is 12.8 Å². The molecule has 0 radical (unpaired) electrons. The number of nitrogens with one attached hydrogen (secondary N) is 1. The van der Waals surface area contributed by atoms with E-state index in [1.165, 1.54) is 5.56 Å². The molecule has 1 fully saturated rings. The maximum Gasteiger partial charge on any atom is 0.310 e. The molecule has 1 aliphatic rings. The molecule has 154 valence electrons. The van der Waals surface area contributed by atoms with Crippen LogP contribution in [0.15, 0.2) is 54.6 Å². The lowest BCUT2D eigenvalue weighted by molar-refractivity contribution is -0.157. The van der Waals surface area contributed by atoms with Crippen LogP contribution in [-0.4, -0.2) is 24.5 Å². The molecule has 0 unspecified atom stereocenters. The highest BCUT2D eigenvalue weighted by molar-refractivity contribution is 5.85. The molecule has 5 heteroatoms. The zero-order chi connectivity index (χ0) is 20.9. The molecule has 5 nitrogen and oxygen atoms in total. The molecule has 0 heterocycles. The molecule has 3 rings (SSSR count). The third kappa shape index (κ3) is 6.34. The summed E-state index contributed by atoms with van der Waals surface area (Å²) in [4.78, 5) is 24.8. The van der Waals surface area contributed by atoms with Crippen molar-refractivity contribution >= 4 is 11.9 Å². The highest BCUT2D eigenvalue weighted by Gasteiger charge is 2.30. The molecule has 0 bridgehead atoms. The highest BCUT2D eigenvalue weighted by Crippen LogP contribution is 2.25. The van der Waals surface area contributed by atoms with Crippen LogP contribution in [0, 0.1) is 0 Å². The molecule has 0 saturated heterocycles. The molecule has 1 aliphatic carbocycles. The van der Waals surface area contributed by atoms with Gasteiger partial charge in [0.1, 0.15) is 5.75 Å². The molecular formula is C24H29NO4. The first kappa shape index (κ1) is 20.9. The molecule has 1 amide bonds. The lowest BCUT2D eigenvalue weighted by Gasteiger charge is -2.19. The average molecular weight is 395 g/mol. The van der Waals surface area contributed by atoms with Crippen LogP contribution in [-0.2, 0) is 19.7 Å². The molecule has 2 aromatic rings. The maximum absolute atomic E-state index is 12.5. The number of carbonyl (C=O) groups excluding carboxylic acids is 2. The number of hydrogen-bond acceptors (Lipinski definition) is 4. The van der Waals surface area contributed by atoms with Gasteiger partial charge in [-0.1, -0.05) is 63.2 Å². The van der Waals surface area contributed by atoms with Crippen LogP contribution in [0.4, 0.5) is 0 Å². The van der Waals surface area contributed by atoms with Gasteiger partial charge in [0.05, 0.1) is 13.0 Å². The van der Waals surface area contributed by atoms with Gasteiger partial charge < -0.3 is 14.8 Å². The number of carbonyl (C=O) groups is 2. The van der Waals surface area contributed by atoms with Crippen LogP contribution in [0.1, 0.15) is 57.3 Å². The average Bonchev–Trinajstić information content (AvgIpc) is 3.50. The summed E-state index contributed by atoms with van der Waals surface area (Å²) in [5.41, 5.74) is 1.96. The third-order valence-corrected chi connectivity index (χ3v) is 4.81. The highest BCUT2D eigenvalue weighted by atomic mass is 16.6. The van der Waals surface area contributed by atoms with E-state index in [4.69, 9.17) is 9.47 Å². The molecule has 0 spiro atoms. The molecule has 29 heavy (non-hydrogen) atoms. The van der Waals surface area contributed by atoms with Crippen LogP contribution in [0.2, 0.25) is 0 Å². The van der Waals surface area contributed by atoms with Crippen molar-refractivity contribution in [3.8, 4) is 5.75 Å². The van der Waals surface area contributed by atoms with Crippen molar-refractivity contribution in [3.05, 3.63) is 65.7 Å². The lowest BCUT2D eigenvalue weighted by Crippen LogP contribution is -2.33. The second kappa shape index (κ2) is 9.12. The smallest absolute Gasteiger partial charge is 0.310 e. The quantitative estimate of drug-likeness (QED) is 0.676. The Labute approximate surface area is 172 Å². The topological polar surface area (TPSA) is 64.6 Å². The lowest BCUT2D eigenvalue weighted by atomic mass is 9.87. The normalized spacial score (nSPS) is 14.7. The number of benzene rings is 2. The first-order valence-electron chi connectivity index (χ1n) is 10.1. The number of esters is 1. The van der Waals surface area contributed by atoms with Crippen molar-refractivity contribution in [1.82, 2.24) is 5.32 Å². The molecule has 1 saturated carbocycles. The summed E-state index contributed by atoms with van der Waals surface area (Å²) in [6.45, 7) is 6.66. The predicted molar refractivity (Wildman–Crippen MR) is 112 cm³/mol. The summed E-state index contributed by atoms with van der Waals surface area (Å²) >= 11 is 0. The van der Waals surface area contributed by atoms with E-state index in [9.17, 15) is 9.59 Å². The van der Waals surface area contributed by atoms with Crippen LogP contribution < -0.4 is 10.1 Å². The molecule has 0 aliphatic heterocycles. The molecule has 2 aromatic carbocycles. The zero-order valence-corrected chi connectivity index (χ0v) is 17.3. The van der Waals surface area contributed by atoms with Gasteiger partial charge in [-0.3, -0.25) is 9.59 Å². The van der Waals surface area contributed by atoms with Crippen LogP contribution in [0.5, 0.6) is 5.75 Å². The van der Waals surface area contributed by atoms with E-state index in [2.05, 4.69) is 26.1 Å². The Morgan fingerprint density at radius 2 is 1.69 bits per heavy atom. The van der Waals surface area contributed by atoms with Gasteiger partial charge >= 0.3 is 5.97 Å². The van der Waals surface area contributed by atoms with E-state index >= 15 is 0 Å². The van der Waals surface area contributed by atoms with Crippen molar-refractivity contribution in [2.75, 3.05) is 6.61 Å². The van der Waals surface area contributed by atoms with Gasteiger partial charge in [-0.2, -0.15) is 0 Å². The molecule has 1 N–H and O–H groups in total. The van der Waals surface area contributed by atoms with Gasteiger partial charge in [0.15, 0.2) is 0 Å². The van der Waals surface area contributed by atoms with Gasteiger partial charge in [-0.25, -0.2) is 0 Å². The monoisotopic (exact) mass is 395 g/mol. The summed E-state index contributed by atoms with van der Waals surface area (Å²) in [5, 5.41) is 2.91. The zero-order valence-electron chi connectivity index (χ0n) is 17.3. The minimum absolute atomic E-state index is 0.0705. The molecule has 0 aromatic heterocycles. The van der Waals surface area contributed by atoms with E-state index in [-0.39, 0.29) is 30.4 Å². The van der Waals surface area contributed by atoms with Gasteiger partial charge in [0.2, 0.25) is 6.10 Å². The Kier molecular flexibility index (Phi) is 6.57. The fraction of sp³-hybridized carbons (Fsp3) is 0.417. The van der Waals surface area contributed by atoms with Gasteiger partial charge in [-0.05, 0) is 36.0 Å². The van der Waals surface area contributed by atoms with Crippen molar-refractivity contribution in [2.24, 2.45) is 0 Å². The van der Waals surface area contributed by atoms with Crippen molar-refractivity contribution in [3.63, 3.8) is 0 Å². The number of hydrogen-bond donors (Lipinski definition) is 1. The van der Waals surface area contributed by atoms with Crippen LogP contribution >= 0.6 is 0 Å². The van der Waals surface area contributed by atoms with Crippen molar-refractivity contribution in [2.45, 2.75) is 57.6 Å².